The van der Waals surface area contributed by atoms with E-state index in [-0.39, 0.29) is 5.76 Å². The van der Waals surface area contributed by atoms with E-state index in [1.54, 1.807) is 13.0 Å². The average Bonchev–Trinajstić information content (AvgIpc) is 2.82. The number of aromatic nitrogens is 3. The molecule has 0 saturated carbocycles. The van der Waals surface area contributed by atoms with Gasteiger partial charge in [-0.3, -0.25) is 0 Å². The van der Waals surface area contributed by atoms with Crippen LogP contribution in [-0.4, -0.2) is 25.8 Å². The fraction of sp³-hybridized carbons (Fsp3) is 0.364. The van der Waals surface area contributed by atoms with Gasteiger partial charge in [0.1, 0.15) is 11.6 Å². The van der Waals surface area contributed by atoms with E-state index in [0.29, 0.717) is 17.1 Å². The van der Waals surface area contributed by atoms with Gasteiger partial charge in [0.05, 0.1) is 5.75 Å². The van der Waals surface area contributed by atoms with Crippen LogP contribution in [0, 0.1) is 13.8 Å². The summed E-state index contributed by atoms with van der Waals surface area (Å²) in [6, 6.07) is 1.74. The zero-order valence-corrected chi connectivity index (χ0v) is 11.1. The first-order chi connectivity index (χ1) is 8.49. The van der Waals surface area contributed by atoms with Crippen molar-refractivity contribution >= 4 is 17.7 Å². The summed E-state index contributed by atoms with van der Waals surface area (Å²) in [4.78, 5) is 10.8. The second-order valence-corrected chi connectivity index (χ2v) is 4.85. The Bertz CT molecular complexity index is 588. The lowest BCUT2D eigenvalue weighted by Crippen LogP contribution is -1.95. The minimum Gasteiger partial charge on any atom is -0.475 e. The van der Waals surface area contributed by atoms with E-state index in [1.807, 2.05) is 18.5 Å². The van der Waals surface area contributed by atoms with Crippen molar-refractivity contribution in [3.8, 4) is 0 Å². The molecule has 0 atom stereocenters. The summed E-state index contributed by atoms with van der Waals surface area (Å²) in [5, 5.41) is 17.6. The van der Waals surface area contributed by atoms with E-state index in [0.717, 1.165) is 11.0 Å². The average molecular weight is 267 g/mol. The first-order valence-electron chi connectivity index (χ1n) is 5.30. The highest BCUT2D eigenvalue weighted by molar-refractivity contribution is 7.98. The number of carbonyl (C=O) groups is 1. The molecular formula is C11H13N3O3S. The number of aryl methyl sites for hydroxylation is 2. The zero-order chi connectivity index (χ0) is 13.3. The first kappa shape index (κ1) is 12.7. The molecule has 7 heteroatoms. The van der Waals surface area contributed by atoms with Crippen LogP contribution in [0.15, 0.2) is 15.6 Å². The quantitative estimate of drug-likeness (QED) is 0.853. The third-order valence-electron chi connectivity index (χ3n) is 2.56. The van der Waals surface area contributed by atoms with Crippen molar-refractivity contribution in [2.75, 3.05) is 0 Å². The molecule has 6 nitrogen and oxygen atoms in total. The van der Waals surface area contributed by atoms with Crippen molar-refractivity contribution < 1.29 is 14.3 Å². The Balaban J connectivity index is 2.09. The lowest BCUT2D eigenvalue weighted by atomic mass is 10.3. The Hall–Kier alpha value is -1.76. The number of nitrogens with zero attached hydrogens (tertiary/aromatic N) is 3. The van der Waals surface area contributed by atoms with E-state index in [4.69, 9.17) is 9.52 Å². The maximum Gasteiger partial charge on any atom is 0.372 e. The Morgan fingerprint density at radius 1 is 1.50 bits per heavy atom. The van der Waals surface area contributed by atoms with Crippen molar-refractivity contribution in [1.82, 2.24) is 14.8 Å². The molecular weight excluding hydrogens is 254 g/mol. The van der Waals surface area contributed by atoms with Gasteiger partial charge in [0.2, 0.25) is 5.76 Å². The highest BCUT2D eigenvalue weighted by Crippen LogP contribution is 2.24. The van der Waals surface area contributed by atoms with Crippen LogP contribution in [0.1, 0.15) is 27.7 Å². The topological polar surface area (TPSA) is 81.2 Å². The lowest BCUT2D eigenvalue weighted by Gasteiger charge is -1.99. The molecule has 96 valence electrons. The van der Waals surface area contributed by atoms with Gasteiger partial charge in [0.15, 0.2) is 5.16 Å². The van der Waals surface area contributed by atoms with Crippen LogP contribution in [0.4, 0.5) is 0 Å². The zero-order valence-electron chi connectivity index (χ0n) is 10.3. The minimum atomic E-state index is -1.04. The number of carboxylic acid groups (broad SMARTS) is 1. The maximum atomic E-state index is 10.8. The van der Waals surface area contributed by atoms with Crippen LogP contribution >= 0.6 is 11.8 Å². The van der Waals surface area contributed by atoms with Crippen LogP contribution in [0.2, 0.25) is 0 Å². The number of thioether (sulfide) groups is 1. The monoisotopic (exact) mass is 267 g/mol. The predicted molar refractivity (Wildman–Crippen MR) is 65.7 cm³/mol. The molecule has 0 bridgehead atoms. The summed E-state index contributed by atoms with van der Waals surface area (Å²) in [5.74, 6) is 0.938. The van der Waals surface area contributed by atoms with Gasteiger partial charge in [-0.1, -0.05) is 11.8 Å². The van der Waals surface area contributed by atoms with Gasteiger partial charge in [-0.15, -0.1) is 10.2 Å². The van der Waals surface area contributed by atoms with Gasteiger partial charge < -0.3 is 14.1 Å². The first-order valence-corrected chi connectivity index (χ1v) is 6.29. The van der Waals surface area contributed by atoms with Crippen molar-refractivity contribution in [3.63, 3.8) is 0 Å². The second-order valence-electron chi connectivity index (χ2n) is 3.91. The van der Waals surface area contributed by atoms with Gasteiger partial charge >= 0.3 is 5.97 Å². The van der Waals surface area contributed by atoms with Crippen molar-refractivity contribution in [2.24, 2.45) is 7.05 Å². The number of furan rings is 1. The van der Waals surface area contributed by atoms with Crippen LogP contribution in [-0.2, 0) is 12.8 Å². The third kappa shape index (κ3) is 2.40. The fourth-order valence-corrected chi connectivity index (χ4v) is 2.32. The van der Waals surface area contributed by atoms with E-state index in [1.165, 1.54) is 11.8 Å². The fourth-order valence-electron chi connectivity index (χ4n) is 1.48. The molecule has 0 aromatic carbocycles. The SMILES string of the molecule is Cc1cc(CSc2nnc(C)n2C)oc1C(=O)O. The number of rotatable bonds is 4. The Morgan fingerprint density at radius 3 is 2.72 bits per heavy atom. The number of aromatic carboxylic acids is 1. The van der Waals surface area contributed by atoms with Crippen molar-refractivity contribution in [1.29, 1.82) is 0 Å². The summed E-state index contributed by atoms with van der Waals surface area (Å²) in [5.41, 5.74) is 0.632. The lowest BCUT2D eigenvalue weighted by molar-refractivity contribution is 0.0659. The molecule has 0 fully saturated rings. The maximum absolute atomic E-state index is 10.8. The van der Waals surface area contributed by atoms with E-state index in [2.05, 4.69) is 10.2 Å². The molecule has 2 aromatic rings. The van der Waals surface area contributed by atoms with Crippen LogP contribution < -0.4 is 0 Å². The predicted octanol–water partition coefficient (Wildman–Crippen LogP) is 2.02. The molecule has 0 unspecified atom stereocenters. The third-order valence-corrected chi connectivity index (χ3v) is 3.60. The van der Waals surface area contributed by atoms with E-state index in [9.17, 15) is 4.79 Å². The molecule has 2 heterocycles. The molecule has 0 aliphatic rings. The molecule has 0 saturated heterocycles. The molecule has 0 aliphatic carbocycles. The van der Waals surface area contributed by atoms with E-state index < -0.39 is 5.97 Å². The highest BCUT2D eigenvalue weighted by atomic mass is 32.2. The molecule has 2 rings (SSSR count). The smallest absolute Gasteiger partial charge is 0.372 e. The van der Waals surface area contributed by atoms with E-state index >= 15 is 0 Å². The largest absolute Gasteiger partial charge is 0.475 e. The summed E-state index contributed by atoms with van der Waals surface area (Å²) in [7, 11) is 1.88. The van der Waals surface area contributed by atoms with Crippen molar-refractivity contribution in [3.05, 3.63) is 29.0 Å². The summed E-state index contributed by atoms with van der Waals surface area (Å²) in [6.45, 7) is 3.59. The van der Waals surface area contributed by atoms with Crippen LogP contribution in [0.5, 0.6) is 0 Å². The van der Waals surface area contributed by atoms with Gasteiger partial charge in [0.25, 0.3) is 0 Å². The highest BCUT2D eigenvalue weighted by Gasteiger charge is 2.15. The second kappa shape index (κ2) is 4.85. The Kier molecular flexibility index (Phi) is 3.42. The minimum absolute atomic E-state index is 0.000235. The normalized spacial score (nSPS) is 10.8. The molecule has 18 heavy (non-hydrogen) atoms. The molecule has 2 aromatic heterocycles. The van der Waals surface area contributed by atoms with Gasteiger partial charge in [-0.05, 0) is 19.9 Å². The van der Waals surface area contributed by atoms with Crippen molar-refractivity contribution in [2.45, 2.75) is 24.8 Å². The van der Waals surface area contributed by atoms with Crippen LogP contribution in [0.25, 0.3) is 0 Å². The summed E-state index contributed by atoms with van der Waals surface area (Å²) < 4.78 is 7.14. The molecule has 0 amide bonds. The molecule has 0 radical (unpaired) electrons. The van der Waals surface area contributed by atoms with Gasteiger partial charge in [0, 0.05) is 12.6 Å². The Labute approximate surface area is 108 Å². The molecule has 0 spiro atoms. The Morgan fingerprint density at radius 2 is 2.22 bits per heavy atom. The summed E-state index contributed by atoms with van der Waals surface area (Å²) >= 11 is 1.46. The number of hydrogen-bond donors (Lipinski definition) is 1. The molecule has 0 aliphatic heterocycles. The number of carboxylic acids is 1. The summed E-state index contributed by atoms with van der Waals surface area (Å²) in [6.07, 6.45) is 0. The van der Waals surface area contributed by atoms with Gasteiger partial charge in [-0.25, -0.2) is 4.79 Å². The van der Waals surface area contributed by atoms with Crippen LogP contribution in [0.3, 0.4) is 0 Å². The van der Waals surface area contributed by atoms with Gasteiger partial charge in [-0.2, -0.15) is 0 Å². The molecule has 1 N–H and O–H groups in total. The standard InChI is InChI=1S/C11H13N3O3S/c1-6-4-8(17-9(6)10(15)16)5-18-11-13-12-7(2)14(11)3/h4H,5H2,1-3H3,(H,15,16). The number of hydrogen-bond acceptors (Lipinski definition) is 5.